The first-order valence-electron chi connectivity index (χ1n) is 19.5. The van der Waals surface area contributed by atoms with Gasteiger partial charge in [0.25, 0.3) is 0 Å². The molecule has 0 atom stereocenters. The van der Waals surface area contributed by atoms with E-state index in [9.17, 15) is 0 Å². The summed E-state index contributed by atoms with van der Waals surface area (Å²) in [5.41, 5.74) is 12.4. The van der Waals surface area contributed by atoms with Gasteiger partial charge in [0.15, 0.2) is 0 Å². The van der Waals surface area contributed by atoms with Crippen molar-refractivity contribution in [3.63, 3.8) is 0 Å². The summed E-state index contributed by atoms with van der Waals surface area (Å²) in [4.78, 5) is 12.3. The Bertz CT molecular complexity index is 3490. The van der Waals surface area contributed by atoms with Gasteiger partial charge in [-0.25, -0.2) is 9.97 Å². The fourth-order valence-corrected chi connectivity index (χ4v) is 8.84. The lowest BCUT2D eigenvalue weighted by molar-refractivity contribution is 0.669. The minimum Gasteiger partial charge on any atom is -0.456 e. The van der Waals surface area contributed by atoms with Crippen molar-refractivity contribution in [2.24, 2.45) is 0 Å². The highest BCUT2D eigenvalue weighted by atomic mass is 16.3. The molecule has 0 bridgehead atoms. The summed E-state index contributed by atoms with van der Waals surface area (Å²) in [5, 5.41) is 6.80. The molecule has 0 saturated carbocycles. The standard InChI is InChI=1S/C52H33N5O/c1-4-14-34(15-5-1)35-32-53-52(54-33-35)55(38-24-27-46-43(30-38)40-20-10-12-22-45(40)56(46)36-16-6-2-7-17-36)39-25-28-47-44(31-39)41-26-29-49-50(42-21-11-13-23-48(42)58-49)51(41)57(47)37-18-8-3-9-19-37/h1-33H. The normalized spacial score (nSPS) is 11.8. The van der Waals surface area contributed by atoms with Crippen molar-refractivity contribution < 1.29 is 4.42 Å². The Hall–Kier alpha value is -7.96. The van der Waals surface area contributed by atoms with Gasteiger partial charge in [0.2, 0.25) is 5.95 Å². The first-order valence-corrected chi connectivity index (χ1v) is 19.5. The van der Waals surface area contributed by atoms with Crippen molar-refractivity contribution in [3.8, 4) is 22.5 Å². The number of nitrogens with zero attached hydrogens (tertiary/aromatic N) is 5. The van der Waals surface area contributed by atoms with Crippen LogP contribution in [0.25, 0.3) is 88.1 Å². The number of para-hydroxylation sites is 4. The molecule has 0 N–H and O–H groups in total. The molecule has 8 aromatic carbocycles. The van der Waals surface area contributed by atoms with E-state index in [1.54, 1.807) is 0 Å². The number of fused-ring (bicyclic) bond motifs is 10. The first-order chi connectivity index (χ1) is 28.8. The van der Waals surface area contributed by atoms with E-state index in [0.29, 0.717) is 5.95 Å². The van der Waals surface area contributed by atoms with Gasteiger partial charge in [0.1, 0.15) is 11.2 Å². The van der Waals surface area contributed by atoms with E-state index in [1.165, 1.54) is 5.39 Å². The fourth-order valence-electron chi connectivity index (χ4n) is 8.84. The zero-order valence-electron chi connectivity index (χ0n) is 31.2. The van der Waals surface area contributed by atoms with Crippen LogP contribution in [-0.2, 0) is 0 Å². The first kappa shape index (κ1) is 32.3. The molecule has 0 aliphatic carbocycles. The zero-order valence-corrected chi connectivity index (χ0v) is 31.2. The van der Waals surface area contributed by atoms with Crippen LogP contribution in [0, 0.1) is 0 Å². The molecule has 12 rings (SSSR count). The van der Waals surface area contributed by atoms with Crippen LogP contribution in [0.5, 0.6) is 0 Å². The molecule has 0 amide bonds. The maximum Gasteiger partial charge on any atom is 0.234 e. The maximum absolute atomic E-state index is 6.42. The second-order valence-corrected chi connectivity index (χ2v) is 14.7. The van der Waals surface area contributed by atoms with Gasteiger partial charge in [-0.15, -0.1) is 0 Å². The lowest BCUT2D eigenvalue weighted by Crippen LogP contribution is -2.13. The molecule has 272 valence electrons. The van der Waals surface area contributed by atoms with Crippen LogP contribution < -0.4 is 4.90 Å². The Kier molecular flexibility index (Phi) is 7.13. The highest BCUT2D eigenvalue weighted by molar-refractivity contribution is 6.25. The fraction of sp³-hybridized carbons (Fsp3) is 0. The molecule has 6 nitrogen and oxygen atoms in total. The van der Waals surface area contributed by atoms with E-state index in [2.05, 4.69) is 172 Å². The van der Waals surface area contributed by atoms with Crippen LogP contribution in [0.15, 0.2) is 205 Å². The summed E-state index contributed by atoms with van der Waals surface area (Å²) in [6.07, 6.45) is 3.84. The third-order valence-corrected chi connectivity index (χ3v) is 11.4. The molecule has 0 saturated heterocycles. The second kappa shape index (κ2) is 12.8. The van der Waals surface area contributed by atoms with Crippen molar-refractivity contribution in [2.75, 3.05) is 4.90 Å². The number of benzene rings is 8. The van der Waals surface area contributed by atoms with Crippen LogP contribution in [-0.4, -0.2) is 19.1 Å². The monoisotopic (exact) mass is 743 g/mol. The predicted molar refractivity (Wildman–Crippen MR) is 238 cm³/mol. The maximum atomic E-state index is 6.42. The molecular formula is C52H33N5O. The van der Waals surface area contributed by atoms with Gasteiger partial charge in [-0.1, -0.05) is 103 Å². The summed E-state index contributed by atoms with van der Waals surface area (Å²) in [5.74, 6) is 0.584. The van der Waals surface area contributed by atoms with E-state index in [1.807, 2.05) is 42.7 Å². The molecule has 0 unspecified atom stereocenters. The third kappa shape index (κ3) is 4.92. The summed E-state index contributed by atoms with van der Waals surface area (Å²) < 4.78 is 11.1. The molecule has 0 radical (unpaired) electrons. The van der Waals surface area contributed by atoms with E-state index < -0.39 is 0 Å². The molecule has 0 fully saturated rings. The van der Waals surface area contributed by atoms with Crippen molar-refractivity contribution >= 4 is 82.9 Å². The quantitative estimate of drug-likeness (QED) is 0.170. The van der Waals surface area contributed by atoms with Gasteiger partial charge in [0, 0.05) is 67.6 Å². The van der Waals surface area contributed by atoms with Crippen LogP contribution >= 0.6 is 0 Å². The Morgan fingerprint density at radius 2 is 0.948 bits per heavy atom. The summed E-state index contributed by atoms with van der Waals surface area (Å²) in [6, 6.07) is 66.1. The number of anilines is 3. The molecule has 0 aliphatic heterocycles. The highest BCUT2D eigenvalue weighted by Gasteiger charge is 2.23. The number of aromatic nitrogens is 4. The molecule has 12 aromatic rings. The molecule has 4 aromatic heterocycles. The van der Waals surface area contributed by atoms with Crippen molar-refractivity contribution in [2.45, 2.75) is 0 Å². The number of hydrogen-bond donors (Lipinski definition) is 0. The minimum atomic E-state index is 0.584. The largest absolute Gasteiger partial charge is 0.456 e. The average molecular weight is 744 g/mol. The zero-order chi connectivity index (χ0) is 38.2. The molecule has 0 spiro atoms. The molecule has 58 heavy (non-hydrogen) atoms. The van der Waals surface area contributed by atoms with E-state index in [0.717, 1.165) is 94.0 Å². The van der Waals surface area contributed by atoms with Gasteiger partial charge < -0.3 is 13.6 Å². The van der Waals surface area contributed by atoms with Crippen molar-refractivity contribution in [1.29, 1.82) is 0 Å². The molecular weight excluding hydrogens is 711 g/mol. The van der Waals surface area contributed by atoms with Crippen LogP contribution in [0.1, 0.15) is 0 Å². The Labute approximate surface area is 333 Å². The van der Waals surface area contributed by atoms with Crippen molar-refractivity contribution in [3.05, 3.63) is 200 Å². The third-order valence-electron chi connectivity index (χ3n) is 11.4. The average Bonchev–Trinajstić information content (AvgIpc) is 3.95. The van der Waals surface area contributed by atoms with Gasteiger partial charge in [-0.2, -0.15) is 0 Å². The molecule has 0 aliphatic rings. The smallest absolute Gasteiger partial charge is 0.234 e. The lowest BCUT2D eigenvalue weighted by atomic mass is 10.1. The van der Waals surface area contributed by atoms with Gasteiger partial charge in [-0.3, -0.25) is 4.90 Å². The number of hydrogen-bond acceptors (Lipinski definition) is 4. The van der Waals surface area contributed by atoms with Gasteiger partial charge >= 0.3 is 0 Å². The summed E-state index contributed by atoms with van der Waals surface area (Å²) in [6.45, 7) is 0. The van der Waals surface area contributed by atoms with E-state index in [-0.39, 0.29) is 0 Å². The minimum absolute atomic E-state index is 0.584. The molecule has 4 heterocycles. The molecule has 6 heteroatoms. The summed E-state index contributed by atoms with van der Waals surface area (Å²) >= 11 is 0. The lowest BCUT2D eigenvalue weighted by Gasteiger charge is -2.24. The number of rotatable bonds is 6. The Balaban J connectivity index is 1.12. The van der Waals surface area contributed by atoms with E-state index in [4.69, 9.17) is 14.4 Å². The van der Waals surface area contributed by atoms with Crippen LogP contribution in [0.4, 0.5) is 17.3 Å². The van der Waals surface area contributed by atoms with Crippen molar-refractivity contribution in [1.82, 2.24) is 19.1 Å². The van der Waals surface area contributed by atoms with Gasteiger partial charge in [-0.05, 0) is 90.5 Å². The predicted octanol–water partition coefficient (Wildman–Crippen LogP) is 13.7. The highest BCUT2D eigenvalue weighted by Crippen LogP contribution is 2.44. The number of furan rings is 1. The topological polar surface area (TPSA) is 52.0 Å². The Morgan fingerprint density at radius 3 is 1.66 bits per heavy atom. The van der Waals surface area contributed by atoms with E-state index >= 15 is 0 Å². The SMILES string of the molecule is c1ccc(-c2cnc(N(c3ccc4c(c3)c3ccccc3n4-c3ccccc3)c3ccc4c(c3)c3ccc5oc6ccccc6c5c3n4-c3ccccc3)nc2)cc1. The van der Waals surface area contributed by atoms with Crippen LogP contribution in [0.3, 0.4) is 0 Å². The Morgan fingerprint density at radius 1 is 0.397 bits per heavy atom. The second-order valence-electron chi connectivity index (χ2n) is 14.7. The summed E-state index contributed by atoms with van der Waals surface area (Å²) in [7, 11) is 0. The van der Waals surface area contributed by atoms with Gasteiger partial charge in [0.05, 0.1) is 27.5 Å². The van der Waals surface area contributed by atoms with Crippen LogP contribution in [0.2, 0.25) is 0 Å².